The third-order valence-corrected chi connectivity index (χ3v) is 7.10. The highest BCUT2D eigenvalue weighted by Gasteiger charge is 2.31. The van der Waals surface area contributed by atoms with Crippen LogP contribution in [0.3, 0.4) is 0 Å². The van der Waals surface area contributed by atoms with E-state index in [0.717, 1.165) is 36.9 Å². The molecular formula is C21H26N2O3S. The zero-order chi connectivity index (χ0) is 19.4. The van der Waals surface area contributed by atoms with Crippen molar-refractivity contribution in [3.05, 3.63) is 59.7 Å². The van der Waals surface area contributed by atoms with Gasteiger partial charge in [-0.2, -0.15) is 4.31 Å². The first-order chi connectivity index (χ1) is 12.9. The van der Waals surface area contributed by atoms with Gasteiger partial charge in [0.2, 0.25) is 10.0 Å². The number of piperidine rings is 1. The van der Waals surface area contributed by atoms with Gasteiger partial charge in [0.15, 0.2) is 0 Å². The van der Waals surface area contributed by atoms with Gasteiger partial charge in [0.1, 0.15) is 0 Å². The molecule has 0 spiro atoms. The lowest BCUT2D eigenvalue weighted by atomic mass is 10.1. The third kappa shape index (κ3) is 4.22. The van der Waals surface area contributed by atoms with E-state index in [4.69, 9.17) is 0 Å². The van der Waals surface area contributed by atoms with Crippen LogP contribution in [0.5, 0.6) is 0 Å². The first kappa shape index (κ1) is 19.6. The number of para-hydroxylation sites is 1. The van der Waals surface area contributed by atoms with E-state index in [1.165, 1.54) is 6.07 Å². The number of sulfonamides is 1. The number of nitrogens with one attached hydrogen (secondary N) is 1. The van der Waals surface area contributed by atoms with Crippen LogP contribution in [0.4, 0.5) is 5.69 Å². The van der Waals surface area contributed by atoms with Crippen LogP contribution in [0.2, 0.25) is 0 Å². The van der Waals surface area contributed by atoms with Gasteiger partial charge in [0.05, 0.1) is 4.90 Å². The van der Waals surface area contributed by atoms with Gasteiger partial charge in [-0.05, 0) is 56.0 Å². The second-order valence-electron chi connectivity index (χ2n) is 6.95. The number of benzene rings is 2. The van der Waals surface area contributed by atoms with Gasteiger partial charge < -0.3 is 5.32 Å². The summed E-state index contributed by atoms with van der Waals surface area (Å²) >= 11 is 0. The number of nitrogens with zero attached hydrogens (tertiary/aromatic N) is 1. The highest BCUT2D eigenvalue weighted by Crippen LogP contribution is 2.26. The largest absolute Gasteiger partial charge is 0.322 e. The second-order valence-corrected chi connectivity index (χ2v) is 8.84. The van der Waals surface area contributed by atoms with Gasteiger partial charge in [0.25, 0.3) is 5.91 Å². The first-order valence-corrected chi connectivity index (χ1v) is 10.9. The van der Waals surface area contributed by atoms with Crippen LogP contribution in [-0.2, 0) is 16.4 Å². The average Bonchev–Trinajstić information content (AvgIpc) is 2.68. The number of carbonyl (C=O) groups is 1. The molecule has 1 saturated heterocycles. The van der Waals surface area contributed by atoms with Crippen LogP contribution in [0.25, 0.3) is 0 Å². The molecule has 1 N–H and O–H groups in total. The first-order valence-electron chi connectivity index (χ1n) is 9.44. The van der Waals surface area contributed by atoms with E-state index in [-0.39, 0.29) is 16.8 Å². The Morgan fingerprint density at radius 1 is 1.15 bits per heavy atom. The van der Waals surface area contributed by atoms with Crippen molar-refractivity contribution in [3.63, 3.8) is 0 Å². The fourth-order valence-corrected chi connectivity index (χ4v) is 5.25. The van der Waals surface area contributed by atoms with Crippen LogP contribution >= 0.6 is 0 Å². The smallest absolute Gasteiger partial charge is 0.255 e. The lowest BCUT2D eigenvalue weighted by Crippen LogP contribution is -2.41. The molecule has 144 valence electrons. The monoisotopic (exact) mass is 386 g/mol. The Kier molecular flexibility index (Phi) is 5.97. The summed E-state index contributed by atoms with van der Waals surface area (Å²) in [5.41, 5.74) is 2.13. The van der Waals surface area contributed by atoms with Crippen molar-refractivity contribution in [1.29, 1.82) is 0 Å². The van der Waals surface area contributed by atoms with Crippen LogP contribution < -0.4 is 5.32 Å². The van der Waals surface area contributed by atoms with E-state index in [9.17, 15) is 13.2 Å². The van der Waals surface area contributed by atoms with Gasteiger partial charge in [-0.1, -0.05) is 37.6 Å². The molecule has 1 fully saturated rings. The summed E-state index contributed by atoms with van der Waals surface area (Å²) in [7, 11) is -3.60. The van der Waals surface area contributed by atoms with Gasteiger partial charge in [-0.25, -0.2) is 8.42 Å². The summed E-state index contributed by atoms with van der Waals surface area (Å²) in [6.45, 7) is 4.50. The molecule has 0 bridgehead atoms. The summed E-state index contributed by atoms with van der Waals surface area (Å²) < 4.78 is 27.6. The van der Waals surface area contributed by atoms with Crippen molar-refractivity contribution in [3.8, 4) is 0 Å². The minimum atomic E-state index is -3.60. The zero-order valence-corrected chi connectivity index (χ0v) is 16.6. The Morgan fingerprint density at radius 2 is 1.93 bits per heavy atom. The maximum absolute atomic E-state index is 13.0. The maximum atomic E-state index is 13.0. The molecule has 1 aliphatic rings. The number of amides is 1. The van der Waals surface area contributed by atoms with Crippen LogP contribution in [0.1, 0.15) is 49.0 Å². The number of aryl methyl sites for hydroxylation is 1. The highest BCUT2D eigenvalue weighted by molar-refractivity contribution is 7.89. The third-order valence-electron chi connectivity index (χ3n) is 5.09. The molecule has 0 aliphatic carbocycles. The normalized spacial score (nSPS) is 18.2. The SMILES string of the molecule is CCc1ccccc1NC(=O)c1cccc(S(=O)(=O)N2CCCCC2C)c1. The van der Waals surface area contributed by atoms with Crippen LogP contribution in [-0.4, -0.2) is 31.2 Å². The van der Waals surface area contributed by atoms with Crippen LogP contribution in [0, 0.1) is 0 Å². The van der Waals surface area contributed by atoms with Gasteiger partial charge in [0, 0.05) is 23.8 Å². The quantitative estimate of drug-likeness (QED) is 0.842. The van der Waals surface area contributed by atoms with Gasteiger partial charge >= 0.3 is 0 Å². The Hall–Kier alpha value is -2.18. The van der Waals surface area contributed by atoms with Crippen molar-refractivity contribution in [2.24, 2.45) is 0 Å². The van der Waals surface area contributed by atoms with Crippen LogP contribution in [0.15, 0.2) is 53.4 Å². The summed E-state index contributed by atoms with van der Waals surface area (Å²) in [5.74, 6) is -0.306. The highest BCUT2D eigenvalue weighted by atomic mass is 32.2. The number of hydrogen-bond acceptors (Lipinski definition) is 3. The topological polar surface area (TPSA) is 66.5 Å². The molecule has 2 aromatic rings. The number of hydrogen-bond donors (Lipinski definition) is 1. The molecular weight excluding hydrogens is 360 g/mol. The molecule has 2 aromatic carbocycles. The number of rotatable bonds is 5. The lowest BCUT2D eigenvalue weighted by molar-refractivity contribution is 0.102. The fraction of sp³-hybridized carbons (Fsp3) is 0.381. The van der Waals surface area contributed by atoms with E-state index >= 15 is 0 Å². The predicted octanol–water partition coefficient (Wildman–Crippen LogP) is 4.06. The standard InChI is InChI=1S/C21H26N2O3S/c1-3-17-10-4-5-13-20(17)22-21(24)18-11-8-12-19(15-18)27(25,26)23-14-7-6-9-16(23)2/h4-5,8,10-13,15-16H,3,6-7,9,14H2,1-2H3,(H,22,24). The molecule has 1 unspecified atom stereocenters. The maximum Gasteiger partial charge on any atom is 0.255 e. The molecule has 0 radical (unpaired) electrons. The lowest BCUT2D eigenvalue weighted by Gasteiger charge is -2.32. The molecule has 6 heteroatoms. The molecule has 0 saturated carbocycles. The van der Waals surface area contributed by atoms with Crippen molar-refractivity contribution in [1.82, 2.24) is 4.31 Å². The van der Waals surface area contributed by atoms with Gasteiger partial charge in [-0.3, -0.25) is 4.79 Å². The molecule has 1 aliphatic heterocycles. The van der Waals surface area contributed by atoms with Crippen molar-refractivity contribution in [2.45, 2.75) is 50.5 Å². The Labute approximate surface area is 161 Å². The van der Waals surface area contributed by atoms with E-state index in [1.54, 1.807) is 22.5 Å². The molecule has 3 rings (SSSR count). The van der Waals surface area contributed by atoms with Gasteiger partial charge in [-0.15, -0.1) is 0 Å². The molecule has 5 nitrogen and oxygen atoms in total. The Balaban J connectivity index is 1.85. The molecule has 0 aromatic heterocycles. The summed E-state index contributed by atoms with van der Waals surface area (Å²) in [6, 6.07) is 13.9. The molecule has 1 amide bonds. The fourth-order valence-electron chi connectivity index (χ4n) is 3.51. The minimum absolute atomic E-state index is 0.0161. The van der Waals surface area contributed by atoms with E-state index in [0.29, 0.717) is 12.1 Å². The number of anilines is 1. The number of carbonyl (C=O) groups excluding carboxylic acids is 1. The summed E-state index contributed by atoms with van der Waals surface area (Å²) in [6.07, 6.45) is 3.59. The summed E-state index contributed by atoms with van der Waals surface area (Å²) in [5, 5.41) is 2.90. The van der Waals surface area contributed by atoms with Crippen molar-refractivity contribution in [2.75, 3.05) is 11.9 Å². The minimum Gasteiger partial charge on any atom is -0.322 e. The van der Waals surface area contributed by atoms with E-state index in [1.807, 2.05) is 38.1 Å². The van der Waals surface area contributed by atoms with E-state index < -0.39 is 10.0 Å². The van der Waals surface area contributed by atoms with Crippen molar-refractivity contribution >= 4 is 21.6 Å². The van der Waals surface area contributed by atoms with Crippen molar-refractivity contribution < 1.29 is 13.2 Å². The van der Waals surface area contributed by atoms with E-state index in [2.05, 4.69) is 5.32 Å². The Morgan fingerprint density at radius 3 is 2.67 bits per heavy atom. The molecule has 27 heavy (non-hydrogen) atoms. The second kappa shape index (κ2) is 8.23. The molecule has 1 heterocycles. The summed E-state index contributed by atoms with van der Waals surface area (Å²) in [4.78, 5) is 12.9. The average molecular weight is 387 g/mol. The Bertz CT molecular complexity index is 925. The predicted molar refractivity (Wildman–Crippen MR) is 107 cm³/mol. The molecule has 1 atom stereocenters. The zero-order valence-electron chi connectivity index (χ0n) is 15.8.